The maximum absolute atomic E-state index is 12.2. The second kappa shape index (κ2) is 7.04. The van der Waals surface area contributed by atoms with Crippen LogP contribution in [0.5, 0.6) is 0 Å². The van der Waals surface area contributed by atoms with Crippen LogP contribution in [0.15, 0.2) is 6.33 Å². The van der Waals surface area contributed by atoms with E-state index in [2.05, 4.69) is 15.4 Å². The Hall–Kier alpha value is -1.14. The molecule has 0 spiro atoms. The van der Waals surface area contributed by atoms with Crippen LogP contribution in [0.2, 0.25) is 0 Å². The Morgan fingerprint density at radius 2 is 2.35 bits per heavy atom. The van der Waals surface area contributed by atoms with Gasteiger partial charge in [0.25, 0.3) is 0 Å². The lowest BCUT2D eigenvalue weighted by molar-refractivity contribution is -0.128. The summed E-state index contributed by atoms with van der Waals surface area (Å²) >= 11 is 0. The van der Waals surface area contributed by atoms with Crippen LogP contribution in [0.4, 0.5) is 0 Å². The monoisotopic (exact) mass is 301 g/mol. The molecule has 1 amide bonds. The second-order valence-corrected chi connectivity index (χ2v) is 5.68. The Bertz CT molecular complexity index is 446. The number of nitrogens with one attached hydrogen (secondary N) is 1. The standard InChI is InChI=1S/C13H23N5O.ClH/c1-13(14)7-4-3-5-10(13)12(19)15-8-6-11-16-9-18(2)17-11;/h9-10H,3-8,14H2,1-2H3,(H,15,19);1H. The Morgan fingerprint density at radius 3 is 2.95 bits per heavy atom. The average molecular weight is 302 g/mol. The van der Waals surface area contributed by atoms with E-state index in [1.165, 1.54) is 0 Å². The van der Waals surface area contributed by atoms with Crippen LogP contribution in [0.25, 0.3) is 0 Å². The molecule has 20 heavy (non-hydrogen) atoms. The topological polar surface area (TPSA) is 85.8 Å². The molecule has 114 valence electrons. The van der Waals surface area contributed by atoms with Crippen molar-refractivity contribution in [3.05, 3.63) is 12.2 Å². The van der Waals surface area contributed by atoms with E-state index in [9.17, 15) is 4.79 Å². The minimum absolute atomic E-state index is 0. The molecule has 1 aliphatic carbocycles. The van der Waals surface area contributed by atoms with Crippen molar-refractivity contribution in [3.63, 3.8) is 0 Å². The van der Waals surface area contributed by atoms with Gasteiger partial charge in [0.15, 0.2) is 5.82 Å². The normalized spacial score (nSPS) is 25.9. The molecule has 0 aliphatic heterocycles. The number of aromatic nitrogens is 3. The zero-order chi connectivity index (χ0) is 13.9. The summed E-state index contributed by atoms with van der Waals surface area (Å²) in [6, 6.07) is 0. The SMILES string of the molecule is Cl.Cn1cnc(CCNC(=O)C2CCCCC2(C)N)n1. The first kappa shape index (κ1) is 16.9. The summed E-state index contributed by atoms with van der Waals surface area (Å²) in [5.74, 6) is 0.750. The fourth-order valence-electron chi connectivity index (χ4n) is 2.71. The number of carbonyl (C=O) groups is 1. The van der Waals surface area contributed by atoms with Gasteiger partial charge < -0.3 is 11.1 Å². The van der Waals surface area contributed by atoms with E-state index in [1.807, 2.05) is 14.0 Å². The van der Waals surface area contributed by atoms with Crippen LogP contribution in [0, 0.1) is 5.92 Å². The Labute approximate surface area is 125 Å². The molecule has 1 aromatic heterocycles. The number of rotatable bonds is 4. The number of hydrogen-bond donors (Lipinski definition) is 2. The molecule has 1 fully saturated rings. The van der Waals surface area contributed by atoms with Crippen molar-refractivity contribution >= 4 is 18.3 Å². The number of aryl methyl sites for hydroxylation is 1. The summed E-state index contributed by atoms with van der Waals surface area (Å²) in [6.07, 6.45) is 6.34. The van der Waals surface area contributed by atoms with Crippen molar-refractivity contribution in [1.82, 2.24) is 20.1 Å². The number of nitrogens with zero attached hydrogens (tertiary/aromatic N) is 3. The molecule has 1 aliphatic rings. The molecule has 0 aromatic carbocycles. The van der Waals surface area contributed by atoms with Gasteiger partial charge in [-0.3, -0.25) is 9.48 Å². The summed E-state index contributed by atoms with van der Waals surface area (Å²) in [4.78, 5) is 16.3. The van der Waals surface area contributed by atoms with E-state index in [4.69, 9.17) is 5.73 Å². The molecule has 1 saturated carbocycles. The third-order valence-electron chi connectivity index (χ3n) is 3.87. The molecule has 2 atom stereocenters. The van der Waals surface area contributed by atoms with Crippen molar-refractivity contribution < 1.29 is 4.79 Å². The molecule has 7 heteroatoms. The first-order chi connectivity index (χ1) is 8.99. The summed E-state index contributed by atoms with van der Waals surface area (Å²) in [7, 11) is 1.83. The fraction of sp³-hybridized carbons (Fsp3) is 0.769. The maximum atomic E-state index is 12.2. The summed E-state index contributed by atoms with van der Waals surface area (Å²) in [5, 5.41) is 7.14. The fourth-order valence-corrected chi connectivity index (χ4v) is 2.71. The molecule has 2 rings (SSSR count). The Kier molecular flexibility index (Phi) is 5.95. The minimum Gasteiger partial charge on any atom is -0.355 e. The largest absolute Gasteiger partial charge is 0.355 e. The van der Waals surface area contributed by atoms with Crippen molar-refractivity contribution in [2.45, 2.75) is 44.6 Å². The van der Waals surface area contributed by atoms with Crippen LogP contribution in [0.1, 0.15) is 38.4 Å². The van der Waals surface area contributed by atoms with Gasteiger partial charge in [-0.1, -0.05) is 12.8 Å². The highest BCUT2D eigenvalue weighted by atomic mass is 35.5. The molecule has 1 aromatic rings. The van der Waals surface area contributed by atoms with Gasteiger partial charge in [-0.05, 0) is 19.8 Å². The average Bonchev–Trinajstić information content (AvgIpc) is 2.74. The van der Waals surface area contributed by atoms with E-state index < -0.39 is 0 Å². The van der Waals surface area contributed by atoms with Crippen molar-refractivity contribution in [1.29, 1.82) is 0 Å². The van der Waals surface area contributed by atoms with Gasteiger partial charge in [0.05, 0.1) is 5.92 Å². The lowest BCUT2D eigenvalue weighted by Crippen LogP contribution is -2.53. The third kappa shape index (κ3) is 4.18. The maximum Gasteiger partial charge on any atom is 0.224 e. The molecular formula is C13H24ClN5O. The smallest absolute Gasteiger partial charge is 0.224 e. The molecular weight excluding hydrogens is 278 g/mol. The number of nitrogens with two attached hydrogens (primary N) is 1. The van der Waals surface area contributed by atoms with Gasteiger partial charge in [-0.15, -0.1) is 12.4 Å². The number of carbonyl (C=O) groups excluding carboxylic acids is 1. The van der Waals surface area contributed by atoms with Gasteiger partial charge >= 0.3 is 0 Å². The highest BCUT2D eigenvalue weighted by molar-refractivity contribution is 5.85. The predicted molar refractivity (Wildman–Crippen MR) is 79.5 cm³/mol. The van der Waals surface area contributed by atoms with Crippen LogP contribution in [-0.2, 0) is 18.3 Å². The van der Waals surface area contributed by atoms with Gasteiger partial charge in [-0.2, -0.15) is 5.10 Å². The van der Waals surface area contributed by atoms with E-state index >= 15 is 0 Å². The van der Waals surface area contributed by atoms with Crippen molar-refractivity contribution in [3.8, 4) is 0 Å². The van der Waals surface area contributed by atoms with E-state index in [1.54, 1.807) is 11.0 Å². The summed E-state index contributed by atoms with van der Waals surface area (Å²) in [5.41, 5.74) is 5.85. The molecule has 1 heterocycles. The lowest BCUT2D eigenvalue weighted by atomic mass is 9.74. The molecule has 0 bridgehead atoms. The van der Waals surface area contributed by atoms with Crippen LogP contribution < -0.4 is 11.1 Å². The van der Waals surface area contributed by atoms with Crippen LogP contribution >= 0.6 is 12.4 Å². The molecule has 3 N–H and O–H groups in total. The Morgan fingerprint density at radius 1 is 1.60 bits per heavy atom. The van der Waals surface area contributed by atoms with Gasteiger partial charge in [0.1, 0.15) is 6.33 Å². The van der Waals surface area contributed by atoms with Crippen molar-refractivity contribution in [2.24, 2.45) is 18.7 Å². The van der Waals surface area contributed by atoms with Gasteiger partial charge in [0, 0.05) is 25.6 Å². The van der Waals surface area contributed by atoms with E-state index in [-0.39, 0.29) is 29.8 Å². The number of hydrogen-bond acceptors (Lipinski definition) is 4. The van der Waals surface area contributed by atoms with E-state index in [0.29, 0.717) is 13.0 Å². The Balaban J connectivity index is 0.00000200. The number of halogens is 1. The van der Waals surface area contributed by atoms with Crippen LogP contribution in [0.3, 0.4) is 0 Å². The van der Waals surface area contributed by atoms with E-state index in [0.717, 1.165) is 31.5 Å². The zero-order valence-corrected chi connectivity index (χ0v) is 12.9. The molecule has 2 unspecified atom stereocenters. The minimum atomic E-state index is -0.369. The molecule has 0 saturated heterocycles. The first-order valence-electron chi connectivity index (χ1n) is 6.90. The van der Waals surface area contributed by atoms with Crippen LogP contribution in [-0.4, -0.2) is 32.8 Å². The quantitative estimate of drug-likeness (QED) is 0.861. The zero-order valence-electron chi connectivity index (χ0n) is 12.1. The number of amides is 1. The third-order valence-corrected chi connectivity index (χ3v) is 3.87. The summed E-state index contributed by atoms with van der Waals surface area (Å²) in [6.45, 7) is 2.55. The predicted octanol–water partition coefficient (Wildman–Crippen LogP) is 0.803. The first-order valence-corrected chi connectivity index (χ1v) is 6.90. The molecule has 0 radical (unpaired) electrons. The van der Waals surface area contributed by atoms with Gasteiger partial charge in [-0.25, -0.2) is 4.98 Å². The highest BCUT2D eigenvalue weighted by Gasteiger charge is 2.37. The molecule has 6 nitrogen and oxygen atoms in total. The van der Waals surface area contributed by atoms with Crippen molar-refractivity contribution in [2.75, 3.05) is 6.54 Å². The highest BCUT2D eigenvalue weighted by Crippen LogP contribution is 2.31. The second-order valence-electron chi connectivity index (χ2n) is 5.68. The lowest BCUT2D eigenvalue weighted by Gasteiger charge is -2.37. The van der Waals surface area contributed by atoms with Gasteiger partial charge in [0.2, 0.25) is 5.91 Å². The summed E-state index contributed by atoms with van der Waals surface area (Å²) < 4.78 is 1.66.